The van der Waals surface area contributed by atoms with Gasteiger partial charge in [0.15, 0.2) is 0 Å². The van der Waals surface area contributed by atoms with Crippen LogP contribution in [-0.4, -0.2) is 24.8 Å². The molecule has 0 bridgehead atoms. The van der Waals surface area contributed by atoms with Crippen molar-refractivity contribution in [2.24, 2.45) is 4.99 Å². The molecule has 23 heavy (non-hydrogen) atoms. The average Bonchev–Trinajstić information content (AvgIpc) is 2.51. The third kappa shape index (κ3) is 4.25. The summed E-state index contributed by atoms with van der Waals surface area (Å²) in [6.45, 7) is 4.49. The van der Waals surface area contributed by atoms with Crippen molar-refractivity contribution in [1.29, 1.82) is 0 Å². The Bertz CT molecular complexity index is 729. The standard InChI is InChI=1S/C17H18F3N3/c1-4-23(3)10-21-16-8-13(19)9-17(11(16)2)22-15-6-5-12(18)7-14(15)20/h5-10,22H,4H2,1-3H3. The van der Waals surface area contributed by atoms with E-state index in [9.17, 15) is 13.2 Å². The summed E-state index contributed by atoms with van der Waals surface area (Å²) in [4.78, 5) is 6.09. The Morgan fingerprint density at radius 2 is 1.83 bits per heavy atom. The monoisotopic (exact) mass is 321 g/mol. The van der Waals surface area contributed by atoms with Gasteiger partial charge in [0.1, 0.15) is 17.5 Å². The number of benzene rings is 2. The number of nitrogens with zero attached hydrogens (tertiary/aromatic N) is 2. The maximum Gasteiger partial charge on any atom is 0.149 e. The van der Waals surface area contributed by atoms with E-state index < -0.39 is 17.5 Å². The molecule has 0 aromatic heterocycles. The van der Waals surface area contributed by atoms with Crippen molar-refractivity contribution in [2.45, 2.75) is 13.8 Å². The number of halogens is 3. The zero-order valence-electron chi connectivity index (χ0n) is 13.2. The van der Waals surface area contributed by atoms with Gasteiger partial charge in [-0.2, -0.15) is 0 Å². The van der Waals surface area contributed by atoms with Crippen LogP contribution in [0.5, 0.6) is 0 Å². The molecule has 0 amide bonds. The number of rotatable bonds is 5. The zero-order valence-corrected chi connectivity index (χ0v) is 13.2. The van der Waals surface area contributed by atoms with Crippen LogP contribution in [0.3, 0.4) is 0 Å². The number of aliphatic imine (C=N–C) groups is 1. The van der Waals surface area contributed by atoms with Gasteiger partial charge in [0.25, 0.3) is 0 Å². The minimum absolute atomic E-state index is 0.0701. The van der Waals surface area contributed by atoms with E-state index in [0.29, 0.717) is 16.9 Å². The smallest absolute Gasteiger partial charge is 0.149 e. The second-order valence-corrected chi connectivity index (χ2v) is 5.16. The summed E-state index contributed by atoms with van der Waals surface area (Å²) in [6.07, 6.45) is 1.60. The fraction of sp³-hybridized carbons (Fsp3) is 0.235. The lowest BCUT2D eigenvalue weighted by atomic mass is 10.1. The van der Waals surface area contributed by atoms with Crippen LogP contribution in [0, 0.1) is 24.4 Å². The van der Waals surface area contributed by atoms with Crippen molar-refractivity contribution < 1.29 is 13.2 Å². The van der Waals surface area contributed by atoms with Crippen molar-refractivity contribution in [2.75, 3.05) is 18.9 Å². The van der Waals surface area contributed by atoms with Gasteiger partial charge in [-0.05, 0) is 43.7 Å². The van der Waals surface area contributed by atoms with Crippen LogP contribution in [-0.2, 0) is 0 Å². The van der Waals surface area contributed by atoms with E-state index in [2.05, 4.69) is 10.3 Å². The first kappa shape index (κ1) is 16.9. The highest BCUT2D eigenvalue weighted by atomic mass is 19.1. The first-order chi connectivity index (χ1) is 10.9. The minimum atomic E-state index is -0.746. The van der Waals surface area contributed by atoms with Gasteiger partial charge in [-0.25, -0.2) is 18.2 Å². The fourth-order valence-electron chi connectivity index (χ4n) is 1.91. The second kappa shape index (κ2) is 7.17. The molecule has 0 atom stereocenters. The lowest BCUT2D eigenvalue weighted by Crippen LogP contribution is -2.14. The average molecular weight is 321 g/mol. The predicted molar refractivity (Wildman–Crippen MR) is 87.2 cm³/mol. The molecular weight excluding hydrogens is 303 g/mol. The Labute approximate surface area is 133 Å². The molecule has 0 fully saturated rings. The quantitative estimate of drug-likeness (QED) is 0.635. The van der Waals surface area contributed by atoms with E-state index in [-0.39, 0.29) is 5.69 Å². The largest absolute Gasteiger partial charge is 0.366 e. The van der Waals surface area contributed by atoms with Crippen LogP contribution < -0.4 is 5.32 Å². The first-order valence-corrected chi connectivity index (χ1v) is 7.17. The van der Waals surface area contributed by atoms with Gasteiger partial charge in [-0.1, -0.05) is 0 Å². The topological polar surface area (TPSA) is 27.6 Å². The van der Waals surface area contributed by atoms with Crippen LogP contribution in [0.15, 0.2) is 35.3 Å². The molecule has 0 aliphatic carbocycles. The van der Waals surface area contributed by atoms with Crippen LogP contribution >= 0.6 is 0 Å². The molecule has 0 spiro atoms. The predicted octanol–water partition coefficient (Wildman–Crippen LogP) is 4.77. The summed E-state index contributed by atoms with van der Waals surface area (Å²) in [5.41, 5.74) is 1.55. The molecule has 3 nitrogen and oxygen atoms in total. The first-order valence-electron chi connectivity index (χ1n) is 7.17. The molecule has 2 rings (SSSR count). The molecule has 0 unspecified atom stereocenters. The van der Waals surface area contributed by atoms with E-state index in [1.165, 1.54) is 18.2 Å². The van der Waals surface area contributed by atoms with E-state index in [1.807, 2.05) is 18.9 Å². The SMILES string of the molecule is CCN(C)C=Nc1cc(F)cc(Nc2ccc(F)cc2F)c1C. The van der Waals surface area contributed by atoms with Gasteiger partial charge >= 0.3 is 0 Å². The normalized spacial score (nSPS) is 11.0. The molecular formula is C17H18F3N3. The Morgan fingerprint density at radius 1 is 1.09 bits per heavy atom. The number of hydrogen-bond acceptors (Lipinski definition) is 2. The number of hydrogen-bond donors (Lipinski definition) is 1. The molecule has 0 saturated heterocycles. The van der Waals surface area contributed by atoms with Gasteiger partial charge in [0.2, 0.25) is 0 Å². The maximum atomic E-state index is 13.8. The van der Waals surface area contributed by atoms with Crippen molar-refractivity contribution in [1.82, 2.24) is 4.90 Å². The summed E-state index contributed by atoms with van der Waals surface area (Å²) in [6, 6.07) is 5.73. The zero-order chi connectivity index (χ0) is 17.0. The van der Waals surface area contributed by atoms with Gasteiger partial charge in [0, 0.05) is 25.3 Å². The third-order valence-electron chi connectivity index (χ3n) is 3.44. The summed E-state index contributed by atoms with van der Waals surface area (Å²) >= 11 is 0. The molecule has 0 aliphatic rings. The Kier molecular flexibility index (Phi) is 5.26. The highest BCUT2D eigenvalue weighted by Crippen LogP contribution is 2.30. The molecule has 2 aromatic carbocycles. The van der Waals surface area contributed by atoms with Crippen LogP contribution in [0.4, 0.5) is 30.2 Å². The van der Waals surface area contributed by atoms with Crippen LogP contribution in [0.1, 0.15) is 12.5 Å². The Balaban J connectivity index is 2.35. The molecule has 0 heterocycles. The summed E-state index contributed by atoms with van der Waals surface area (Å²) in [5.74, 6) is -1.91. The second-order valence-electron chi connectivity index (χ2n) is 5.16. The Morgan fingerprint density at radius 3 is 2.48 bits per heavy atom. The summed E-state index contributed by atoms with van der Waals surface area (Å²) in [7, 11) is 1.85. The third-order valence-corrected chi connectivity index (χ3v) is 3.44. The van der Waals surface area contributed by atoms with E-state index in [0.717, 1.165) is 18.7 Å². The molecule has 122 valence electrons. The highest BCUT2D eigenvalue weighted by Gasteiger charge is 2.10. The van der Waals surface area contributed by atoms with Gasteiger partial charge in [-0.3, -0.25) is 0 Å². The van der Waals surface area contributed by atoms with Gasteiger partial charge < -0.3 is 10.2 Å². The Hall–Kier alpha value is -2.50. The van der Waals surface area contributed by atoms with Crippen molar-refractivity contribution in [3.63, 3.8) is 0 Å². The summed E-state index contributed by atoms with van der Waals surface area (Å²) < 4.78 is 40.5. The van der Waals surface area contributed by atoms with Crippen LogP contribution in [0.2, 0.25) is 0 Å². The molecule has 0 radical (unpaired) electrons. The summed E-state index contributed by atoms with van der Waals surface area (Å²) in [5, 5.41) is 2.78. The van der Waals surface area contributed by atoms with E-state index in [4.69, 9.17) is 0 Å². The lowest BCUT2D eigenvalue weighted by molar-refractivity contribution is 0.552. The van der Waals surface area contributed by atoms with Crippen LogP contribution in [0.25, 0.3) is 0 Å². The number of anilines is 2. The number of nitrogens with one attached hydrogen (secondary N) is 1. The van der Waals surface area contributed by atoms with Gasteiger partial charge in [0.05, 0.1) is 17.7 Å². The van der Waals surface area contributed by atoms with Crippen molar-refractivity contribution >= 4 is 23.4 Å². The van der Waals surface area contributed by atoms with Crippen molar-refractivity contribution in [3.05, 3.63) is 53.3 Å². The molecule has 0 saturated carbocycles. The van der Waals surface area contributed by atoms with E-state index >= 15 is 0 Å². The fourth-order valence-corrected chi connectivity index (χ4v) is 1.91. The molecule has 0 aliphatic heterocycles. The lowest BCUT2D eigenvalue weighted by Gasteiger charge is -2.13. The highest BCUT2D eigenvalue weighted by molar-refractivity contribution is 5.72. The van der Waals surface area contributed by atoms with Crippen molar-refractivity contribution in [3.8, 4) is 0 Å². The molecule has 2 aromatic rings. The minimum Gasteiger partial charge on any atom is -0.366 e. The molecule has 1 N–H and O–H groups in total. The maximum absolute atomic E-state index is 13.8. The van der Waals surface area contributed by atoms with Gasteiger partial charge in [-0.15, -0.1) is 0 Å². The van der Waals surface area contributed by atoms with E-state index in [1.54, 1.807) is 13.3 Å². The molecule has 6 heteroatoms.